The molecular formula is C14H20ClN3O2. The van der Waals surface area contributed by atoms with E-state index in [-0.39, 0.29) is 18.5 Å². The topological polar surface area (TPSA) is 70.2 Å². The fourth-order valence-corrected chi connectivity index (χ4v) is 1.79. The first kappa shape index (κ1) is 16.5. The number of rotatable bonds is 6. The molecule has 0 spiro atoms. The van der Waals surface area contributed by atoms with Crippen LogP contribution in [0.1, 0.15) is 31.9 Å². The number of halogens is 1. The lowest BCUT2D eigenvalue weighted by atomic mass is 10.1. The van der Waals surface area contributed by atoms with Crippen molar-refractivity contribution in [3.63, 3.8) is 0 Å². The standard InChI is InChI=1S/C14H20ClN3O2/c1-3-7-16-14(20)18-13(19)9-17-10(2)11-5-4-6-12(15)8-11/h4-6,8,10,17H,3,7,9H2,1-2H3,(H2,16,18,19,20)/t10-/m1/s1. The predicted octanol–water partition coefficient (Wildman–Crippen LogP) is 2.23. The first-order valence-corrected chi connectivity index (χ1v) is 6.97. The maximum Gasteiger partial charge on any atom is 0.321 e. The van der Waals surface area contributed by atoms with E-state index in [9.17, 15) is 9.59 Å². The van der Waals surface area contributed by atoms with Crippen LogP contribution in [-0.2, 0) is 4.79 Å². The number of carbonyl (C=O) groups excluding carboxylic acids is 2. The average molecular weight is 298 g/mol. The summed E-state index contributed by atoms with van der Waals surface area (Å²) in [4.78, 5) is 22.8. The third kappa shape index (κ3) is 6.04. The van der Waals surface area contributed by atoms with Crippen molar-refractivity contribution in [1.82, 2.24) is 16.0 Å². The molecule has 0 aliphatic rings. The Kier molecular flexibility index (Phi) is 7.04. The van der Waals surface area contributed by atoms with Crippen LogP contribution in [-0.4, -0.2) is 25.0 Å². The highest BCUT2D eigenvalue weighted by Gasteiger charge is 2.10. The van der Waals surface area contributed by atoms with Crippen molar-refractivity contribution in [2.75, 3.05) is 13.1 Å². The molecule has 0 radical (unpaired) electrons. The van der Waals surface area contributed by atoms with Crippen LogP contribution in [0.15, 0.2) is 24.3 Å². The molecule has 3 N–H and O–H groups in total. The summed E-state index contributed by atoms with van der Waals surface area (Å²) in [6, 6.07) is 6.92. The first-order chi connectivity index (χ1) is 9.52. The number of nitrogens with one attached hydrogen (secondary N) is 3. The van der Waals surface area contributed by atoms with E-state index in [1.807, 2.05) is 32.0 Å². The molecule has 5 nitrogen and oxygen atoms in total. The van der Waals surface area contributed by atoms with Crippen LogP contribution < -0.4 is 16.0 Å². The molecule has 0 aliphatic heterocycles. The molecular weight excluding hydrogens is 278 g/mol. The van der Waals surface area contributed by atoms with E-state index in [0.29, 0.717) is 11.6 Å². The van der Waals surface area contributed by atoms with Gasteiger partial charge in [-0.3, -0.25) is 10.1 Å². The average Bonchev–Trinajstić information content (AvgIpc) is 2.42. The number of amides is 3. The highest BCUT2D eigenvalue weighted by atomic mass is 35.5. The maximum atomic E-state index is 11.6. The number of imide groups is 1. The fraction of sp³-hybridized carbons (Fsp3) is 0.429. The monoisotopic (exact) mass is 297 g/mol. The van der Waals surface area contributed by atoms with Gasteiger partial charge >= 0.3 is 6.03 Å². The third-order valence-electron chi connectivity index (χ3n) is 2.71. The Morgan fingerprint density at radius 2 is 2.10 bits per heavy atom. The molecule has 0 unspecified atom stereocenters. The fourth-order valence-electron chi connectivity index (χ4n) is 1.59. The Bertz CT molecular complexity index is 465. The van der Waals surface area contributed by atoms with E-state index in [2.05, 4.69) is 16.0 Å². The van der Waals surface area contributed by atoms with Gasteiger partial charge in [0.1, 0.15) is 0 Å². The molecule has 1 aromatic rings. The van der Waals surface area contributed by atoms with Crippen molar-refractivity contribution in [3.05, 3.63) is 34.9 Å². The van der Waals surface area contributed by atoms with Crippen molar-refractivity contribution in [2.24, 2.45) is 0 Å². The Balaban J connectivity index is 2.35. The summed E-state index contributed by atoms with van der Waals surface area (Å²) in [6.07, 6.45) is 0.825. The van der Waals surface area contributed by atoms with Crippen LogP contribution in [0.2, 0.25) is 5.02 Å². The van der Waals surface area contributed by atoms with Crippen LogP contribution in [0.3, 0.4) is 0 Å². The van der Waals surface area contributed by atoms with Gasteiger partial charge in [0.15, 0.2) is 0 Å². The third-order valence-corrected chi connectivity index (χ3v) is 2.94. The molecule has 0 bridgehead atoms. The van der Waals surface area contributed by atoms with E-state index < -0.39 is 6.03 Å². The lowest BCUT2D eigenvalue weighted by Gasteiger charge is -2.14. The Labute approximate surface area is 124 Å². The summed E-state index contributed by atoms with van der Waals surface area (Å²) < 4.78 is 0. The molecule has 110 valence electrons. The summed E-state index contributed by atoms with van der Waals surface area (Å²) in [5.74, 6) is -0.368. The SMILES string of the molecule is CCCNC(=O)NC(=O)CN[C@H](C)c1cccc(Cl)c1. The van der Waals surface area contributed by atoms with Crippen LogP contribution in [0.25, 0.3) is 0 Å². The zero-order valence-electron chi connectivity index (χ0n) is 11.7. The summed E-state index contributed by atoms with van der Waals surface area (Å²) in [7, 11) is 0. The highest BCUT2D eigenvalue weighted by Crippen LogP contribution is 2.16. The van der Waals surface area contributed by atoms with E-state index in [4.69, 9.17) is 11.6 Å². The Morgan fingerprint density at radius 3 is 2.75 bits per heavy atom. The minimum absolute atomic E-state index is 0.0295. The van der Waals surface area contributed by atoms with Crippen molar-refractivity contribution in [2.45, 2.75) is 26.3 Å². The normalized spacial score (nSPS) is 11.8. The second kappa shape index (κ2) is 8.55. The summed E-state index contributed by atoms with van der Waals surface area (Å²) in [5.41, 5.74) is 0.987. The molecule has 20 heavy (non-hydrogen) atoms. The van der Waals surface area contributed by atoms with Gasteiger partial charge in [-0.15, -0.1) is 0 Å². The minimum atomic E-state index is -0.464. The second-order valence-electron chi connectivity index (χ2n) is 4.46. The van der Waals surface area contributed by atoms with Crippen molar-refractivity contribution >= 4 is 23.5 Å². The number of hydrogen-bond acceptors (Lipinski definition) is 3. The molecule has 0 fully saturated rings. The Morgan fingerprint density at radius 1 is 1.35 bits per heavy atom. The van der Waals surface area contributed by atoms with Crippen molar-refractivity contribution in [1.29, 1.82) is 0 Å². The van der Waals surface area contributed by atoms with E-state index >= 15 is 0 Å². The number of carbonyl (C=O) groups is 2. The summed E-state index contributed by atoms with van der Waals surface area (Å²) >= 11 is 5.91. The van der Waals surface area contributed by atoms with Gasteiger partial charge in [-0.25, -0.2) is 4.79 Å². The quantitative estimate of drug-likeness (QED) is 0.754. The van der Waals surface area contributed by atoms with Crippen LogP contribution in [0, 0.1) is 0 Å². The Hall–Kier alpha value is -1.59. The number of benzene rings is 1. The van der Waals surface area contributed by atoms with Gasteiger partial charge in [-0.1, -0.05) is 30.7 Å². The van der Waals surface area contributed by atoms with Crippen molar-refractivity contribution in [3.8, 4) is 0 Å². The van der Waals surface area contributed by atoms with E-state index in [1.165, 1.54) is 0 Å². The maximum absolute atomic E-state index is 11.6. The van der Waals surface area contributed by atoms with Crippen LogP contribution >= 0.6 is 11.6 Å². The van der Waals surface area contributed by atoms with Gasteiger partial charge in [0, 0.05) is 17.6 Å². The molecule has 0 aromatic heterocycles. The minimum Gasteiger partial charge on any atom is -0.338 e. The lowest BCUT2D eigenvalue weighted by molar-refractivity contribution is -0.119. The zero-order chi connectivity index (χ0) is 15.0. The number of urea groups is 1. The molecule has 1 rings (SSSR count). The van der Waals surface area contributed by atoms with E-state index in [0.717, 1.165) is 12.0 Å². The second-order valence-corrected chi connectivity index (χ2v) is 4.90. The summed E-state index contributed by atoms with van der Waals surface area (Å²) in [5, 5.41) is 8.52. The van der Waals surface area contributed by atoms with Crippen LogP contribution in [0.4, 0.5) is 4.79 Å². The zero-order valence-corrected chi connectivity index (χ0v) is 12.5. The van der Waals surface area contributed by atoms with Gasteiger partial charge in [-0.2, -0.15) is 0 Å². The molecule has 0 aliphatic carbocycles. The largest absolute Gasteiger partial charge is 0.338 e. The number of hydrogen-bond donors (Lipinski definition) is 3. The molecule has 1 aromatic carbocycles. The molecule has 0 saturated carbocycles. The van der Waals surface area contributed by atoms with Crippen LogP contribution in [0.5, 0.6) is 0 Å². The molecule has 3 amide bonds. The van der Waals surface area contributed by atoms with Gasteiger partial charge in [0.25, 0.3) is 0 Å². The highest BCUT2D eigenvalue weighted by molar-refractivity contribution is 6.30. The molecule has 6 heteroatoms. The smallest absolute Gasteiger partial charge is 0.321 e. The first-order valence-electron chi connectivity index (χ1n) is 6.59. The van der Waals surface area contributed by atoms with Gasteiger partial charge in [-0.05, 0) is 31.0 Å². The molecule has 0 saturated heterocycles. The molecule has 1 atom stereocenters. The van der Waals surface area contributed by atoms with Crippen molar-refractivity contribution < 1.29 is 9.59 Å². The molecule has 0 heterocycles. The van der Waals surface area contributed by atoms with Gasteiger partial charge < -0.3 is 10.6 Å². The predicted molar refractivity (Wildman–Crippen MR) is 79.7 cm³/mol. The van der Waals surface area contributed by atoms with Gasteiger partial charge in [0.05, 0.1) is 6.54 Å². The van der Waals surface area contributed by atoms with E-state index in [1.54, 1.807) is 6.07 Å². The summed E-state index contributed by atoms with van der Waals surface area (Å²) in [6.45, 7) is 4.48. The lowest BCUT2D eigenvalue weighted by Crippen LogP contribution is -2.43. The van der Waals surface area contributed by atoms with Gasteiger partial charge in [0.2, 0.25) is 5.91 Å².